The molecule has 0 unspecified atom stereocenters. The molecule has 3 aromatic rings. The maximum absolute atomic E-state index is 10.8. The summed E-state index contributed by atoms with van der Waals surface area (Å²) < 4.78 is 28.5. The Morgan fingerprint density at radius 3 is 2.00 bits per heavy atom. The molecule has 3 rings (SSSR count). The van der Waals surface area contributed by atoms with Crippen LogP contribution in [0.15, 0.2) is 36.4 Å². The third-order valence-corrected chi connectivity index (χ3v) is 5.49. The molecule has 0 aliphatic rings. The molecule has 0 saturated carbocycles. The zero-order valence-electron chi connectivity index (χ0n) is 16.6. The van der Waals surface area contributed by atoms with E-state index in [1.165, 1.54) is 5.39 Å². The molecule has 2 aromatic carbocycles. The minimum Gasteiger partial charge on any atom is 0 e. The fourth-order valence-electron chi connectivity index (χ4n) is 2.80. The van der Waals surface area contributed by atoms with E-state index in [0.717, 1.165) is 35.1 Å². The van der Waals surface area contributed by atoms with Gasteiger partial charge in [-0.15, -0.1) is 0 Å². The molecule has 0 saturated heterocycles. The van der Waals surface area contributed by atoms with E-state index in [1.54, 1.807) is 0 Å². The van der Waals surface area contributed by atoms with Gasteiger partial charge in [0.05, 0.1) is 6.61 Å². The van der Waals surface area contributed by atoms with Crippen molar-refractivity contribution >= 4 is 29.7 Å². The second-order valence-electron chi connectivity index (χ2n) is 6.51. The van der Waals surface area contributed by atoms with E-state index in [0.29, 0.717) is 12.4 Å². The predicted molar refractivity (Wildman–Crippen MR) is 107 cm³/mol. The van der Waals surface area contributed by atoms with Crippen LogP contribution in [0.4, 0.5) is 0 Å². The van der Waals surface area contributed by atoms with Crippen LogP contribution in [0.3, 0.4) is 0 Å². The van der Waals surface area contributed by atoms with Gasteiger partial charge in [0, 0.05) is 33.4 Å². The van der Waals surface area contributed by atoms with Crippen LogP contribution in [0.5, 0.6) is 11.2 Å². The fourth-order valence-corrected chi connectivity index (χ4v) is 4.11. The fraction of sp³-hybridized carbons (Fsp3) is 0.273. The number of aromatic hydroxyl groups is 1. The van der Waals surface area contributed by atoms with Crippen molar-refractivity contribution in [3.63, 3.8) is 0 Å². The smallest absolute Gasteiger partial charge is 0 e. The first-order valence-electron chi connectivity index (χ1n) is 8.22. The van der Waals surface area contributed by atoms with Crippen molar-refractivity contribution in [2.24, 2.45) is 0 Å². The Morgan fingerprint density at radius 2 is 1.48 bits per heavy atom. The Balaban J connectivity index is 0. The van der Waals surface area contributed by atoms with E-state index < -0.39 is 0 Å². The molecule has 150 valence electrons. The summed E-state index contributed by atoms with van der Waals surface area (Å²) in [5.74, 6) is 0.401. The van der Waals surface area contributed by atoms with Gasteiger partial charge < -0.3 is 9.84 Å². The molecular weight excluding hydrogens is 427 g/mol. The number of hydrogen-bond donors (Lipinski definition) is 1. The first-order chi connectivity index (χ1) is 13.4. The third-order valence-electron chi connectivity index (χ3n) is 3.83. The predicted octanol–water partition coefficient (Wildman–Crippen LogP) is 5.86. The van der Waals surface area contributed by atoms with E-state index in [-0.39, 0.29) is 22.8 Å². The van der Waals surface area contributed by atoms with Crippen molar-refractivity contribution in [2.45, 2.75) is 33.1 Å². The summed E-state index contributed by atoms with van der Waals surface area (Å²) >= 11 is 0. The number of hydrogen-bond acceptors (Lipinski definition) is 2. The van der Waals surface area contributed by atoms with Crippen molar-refractivity contribution in [1.82, 2.24) is 0 Å². The standard InChI is InChI=1S/C19H21O2P.3CO.Cr/c1-5-21-18-15-13-9-7-6-8-12(13)10-11-14(15)16(20)17(22-18)19(2,3)4;3*1-2;/h6-11,20H,5H2,1-4H3;;;;. The van der Waals surface area contributed by atoms with Gasteiger partial charge >= 0.3 is 33.9 Å². The summed E-state index contributed by atoms with van der Waals surface area (Å²) in [7, 11) is 0.965. The van der Waals surface area contributed by atoms with Crippen LogP contribution >= 0.6 is 8.19 Å². The van der Waals surface area contributed by atoms with Crippen LogP contribution in [0.2, 0.25) is 0 Å². The molecule has 0 atom stereocenters. The molecule has 0 radical (unpaired) electrons. The molecule has 5 nitrogen and oxygen atoms in total. The average Bonchev–Trinajstić information content (AvgIpc) is 2.73. The van der Waals surface area contributed by atoms with E-state index in [2.05, 4.69) is 58.9 Å². The normalized spacial score (nSPS) is 9.59. The summed E-state index contributed by atoms with van der Waals surface area (Å²) in [5, 5.41) is 16.0. The van der Waals surface area contributed by atoms with Crippen LogP contribution < -0.4 is 4.74 Å². The molecule has 0 spiro atoms. The Morgan fingerprint density at radius 1 is 0.931 bits per heavy atom. The van der Waals surface area contributed by atoms with Crippen LogP contribution in [0.1, 0.15) is 33.0 Å². The Bertz CT molecular complexity index is 973. The van der Waals surface area contributed by atoms with Gasteiger partial charge in [-0.1, -0.05) is 51.1 Å². The first-order valence-corrected chi connectivity index (χ1v) is 9.12. The maximum Gasteiger partial charge on any atom is 0 e. The quantitative estimate of drug-likeness (QED) is 0.302. The second kappa shape index (κ2) is 14.0. The average molecular weight is 448 g/mol. The van der Waals surface area contributed by atoms with Crippen molar-refractivity contribution in [3.8, 4) is 11.2 Å². The summed E-state index contributed by atoms with van der Waals surface area (Å²) in [6, 6.07) is 12.3. The molecule has 1 heterocycles. The summed E-state index contributed by atoms with van der Waals surface area (Å²) in [5.41, 5.74) is 0.842. The van der Waals surface area contributed by atoms with Crippen molar-refractivity contribution < 1.29 is 41.2 Å². The Labute approximate surface area is 183 Å². The van der Waals surface area contributed by atoms with Crippen LogP contribution in [-0.2, 0) is 36.7 Å². The van der Waals surface area contributed by atoms with Crippen LogP contribution in [0, 0.1) is 20.0 Å². The van der Waals surface area contributed by atoms with Gasteiger partial charge in [-0.05, 0) is 37.4 Å². The van der Waals surface area contributed by atoms with Crippen molar-refractivity contribution in [1.29, 1.82) is 0 Å². The number of ether oxygens (including phenoxy) is 1. The minimum absolute atomic E-state index is 0. The zero-order valence-corrected chi connectivity index (χ0v) is 18.8. The van der Waals surface area contributed by atoms with E-state index in [1.807, 2.05) is 25.1 Å². The number of benzene rings is 2. The summed E-state index contributed by atoms with van der Waals surface area (Å²) in [4.78, 5) is 0. The number of rotatable bonds is 2. The molecule has 0 aliphatic heterocycles. The Kier molecular flexibility index (Phi) is 14.1. The molecule has 29 heavy (non-hydrogen) atoms. The van der Waals surface area contributed by atoms with Gasteiger partial charge in [0.25, 0.3) is 0 Å². The zero-order chi connectivity index (χ0) is 21.9. The molecule has 0 bridgehead atoms. The molecule has 0 amide bonds. The van der Waals surface area contributed by atoms with Crippen LogP contribution in [-0.4, -0.2) is 11.7 Å². The SMILES string of the molecule is CCOc1pc(C(C)(C)C)c(O)c2ccc3ccccc3c12.[C-]#[O+].[C-]#[O+].[C-]#[O+].[Cr]. The van der Waals surface area contributed by atoms with Gasteiger partial charge in [0.15, 0.2) is 5.48 Å². The van der Waals surface area contributed by atoms with Gasteiger partial charge in [0.2, 0.25) is 0 Å². The topological polar surface area (TPSA) is 89.2 Å². The minimum atomic E-state index is -0.0999. The van der Waals surface area contributed by atoms with Crippen molar-refractivity contribution in [2.75, 3.05) is 6.61 Å². The van der Waals surface area contributed by atoms with Crippen molar-refractivity contribution in [3.05, 3.63) is 61.6 Å². The molecule has 0 fully saturated rings. The third kappa shape index (κ3) is 6.76. The Hall–Kier alpha value is -2.04. The van der Waals surface area contributed by atoms with Gasteiger partial charge in [-0.2, -0.15) is 0 Å². The van der Waals surface area contributed by atoms with E-state index in [9.17, 15) is 5.11 Å². The van der Waals surface area contributed by atoms with Gasteiger partial charge in [0.1, 0.15) is 5.75 Å². The summed E-state index contributed by atoms with van der Waals surface area (Å²) in [6.45, 7) is 22.5. The monoisotopic (exact) mass is 448 g/mol. The molecule has 7 heteroatoms. The molecular formula is C22H21CrO5P. The summed E-state index contributed by atoms with van der Waals surface area (Å²) in [6.07, 6.45) is 0. The first kappa shape index (κ1) is 29.2. The van der Waals surface area contributed by atoms with E-state index >= 15 is 0 Å². The van der Waals surface area contributed by atoms with Gasteiger partial charge in [-0.3, -0.25) is 0 Å². The largest absolute Gasteiger partial charge is 0 e. The van der Waals surface area contributed by atoms with Gasteiger partial charge in [-0.25, -0.2) is 0 Å². The molecule has 0 aliphatic carbocycles. The second-order valence-corrected chi connectivity index (χ2v) is 7.58. The van der Waals surface area contributed by atoms with E-state index in [4.69, 9.17) is 18.7 Å². The number of fused-ring (bicyclic) bond motifs is 3. The molecule has 1 aromatic heterocycles. The maximum atomic E-state index is 10.8. The molecule has 1 N–H and O–H groups in total. The van der Waals surface area contributed by atoms with Crippen LogP contribution in [0.25, 0.3) is 21.5 Å².